The van der Waals surface area contributed by atoms with Gasteiger partial charge in [0.15, 0.2) is 0 Å². The van der Waals surface area contributed by atoms with Crippen molar-refractivity contribution in [2.45, 2.75) is 58.1 Å². The quantitative estimate of drug-likeness (QED) is 0.696. The van der Waals surface area contributed by atoms with Crippen LogP contribution in [0.25, 0.3) is 5.32 Å². The van der Waals surface area contributed by atoms with E-state index in [1.807, 2.05) is 26.1 Å². The number of pyridine rings is 1. The van der Waals surface area contributed by atoms with Crippen LogP contribution in [-0.4, -0.2) is 55.6 Å². The minimum Gasteiger partial charge on any atom is -0.655 e. The van der Waals surface area contributed by atoms with E-state index in [0.717, 1.165) is 62.3 Å². The molecule has 2 aliphatic heterocycles. The summed E-state index contributed by atoms with van der Waals surface area (Å²) in [5.41, 5.74) is 2.71. The molecule has 0 bridgehead atoms. The summed E-state index contributed by atoms with van der Waals surface area (Å²) < 4.78 is 6.34. The summed E-state index contributed by atoms with van der Waals surface area (Å²) in [6.07, 6.45) is 6.53. The van der Waals surface area contributed by atoms with Crippen molar-refractivity contribution >= 4 is 5.91 Å². The molecular formula is C21H33KN4O2. The van der Waals surface area contributed by atoms with Gasteiger partial charge < -0.3 is 20.3 Å². The zero-order valence-corrected chi connectivity index (χ0v) is 21.2. The molecule has 1 saturated carbocycles. The second-order valence-electron chi connectivity index (χ2n) is 7.92. The van der Waals surface area contributed by atoms with Crippen LogP contribution in [0, 0.1) is 5.41 Å². The number of fused-ring (bicyclic) bond motifs is 1. The Hall–Kier alpha value is -0.0236. The van der Waals surface area contributed by atoms with Crippen molar-refractivity contribution < 1.29 is 60.9 Å². The Bertz CT molecular complexity index is 656. The first kappa shape index (κ1) is 24.2. The number of hydrogen-bond donors (Lipinski definition) is 1. The van der Waals surface area contributed by atoms with Gasteiger partial charge in [-0.25, -0.2) is 0 Å². The third-order valence-corrected chi connectivity index (χ3v) is 5.81. The maximum Gasteiger partial charge on any atom is 1.00 e. The molecule has 0 radical (unpaired) electrons. The zero-order valence-electron chi connectivity index (χ0n) is 18.1. The second kappa shape index (κ2) is 10.8. The fraction of sp³-hybridized carbons (Fsp3) is 0.714. The topological polar surface area (TPSA) is 68.6 Å². The molecule has 4 rings (SSSR count). The molecule has 28 heavy (non-hydrogen) atoms. The van der Waals surface area contributed by atoms with Gasteiger partial charge in [0.25, 0.3) is 0 Å². The minimum atomic E-state index is 0. The summed E-state index contributed by atoms with van der Waals surface area (Å²) in [6.45, 7) is 7.04. The SMILES string of the molecule is CC.CN(C)C(=O)CCC1[N-]CCc2nccc(OC3CC4(CNC4)C3)c21.[K+]. The molecule has 1 aromatic rings. The molecule has 150 valence electrons. The van der Waals surface area contributed by atoms with Crippen LogP contribution in [0.5, 0.6) is 5.75 Å². The first-order valence-electron chi connectivity index (χ1n) is 10.3. The number of aromatic nitrogens is 1. The molecule has 1 unspecified atom stereocenters. The van der Waals surface area contributed by atoms with Crippen LogP contribution in [0.1, 0.15) is 56.8 Å². The van der Waals surface area contributed by atoms with Gasteiger partial charge in [0.05, 0.1) is 6.10 Å². The Morgan fingerprint density at radius 2 is 2.07 bits per heavy atom. The fourth-order valence-electron chi connectivity index (χ4n) is 4.23. The molecule has 0 aromatic carbocycles. The van der Waals surface area contributed by atoms with Gasteiger partial charge in [-0.15, -0.1) is 12.6 Å². The predicted octanol–water partition coefficient (Wildman–Crippen LogP) is 0.0819. The van der Waals surface area contributed by atoms with E-state index >= 15 is 0 Å². The van der Waals surface area contributed by atoms with Gasteiger partial charge >= 0.3 is 51.4 Å². The molecule has 3 heterocycles. The third-order valence-electron chi connectivity index (χ3n) is 5.81. The minimum absolute atomic E-state index is 0. The molecule has 3 aliphatic rings. The number of hydrogen-bond acceptors (Lipinski definition) is 4. The monoisotopic (exact) mass is 412 g/mol. The number of ether oxygens (including phenoxy) is 1. The summed E-state index contributed by atoms with van der Waals surface area (Å²) in [5.74, 6) is 1.08. The molecule has 1 aliphatic carbocycles. The van der Waals surface area contributed by atoms with Crippen molar-refractivity contribution in [1.29, 1.82) is 0 Å². The Balaban J connectivity index is 0.000000906. The fourth-order valence-corrected chi connectivity index (χ4v) is 4.23. The molecule has 1 atom stereocenters. The van der Waals surface area contributed by atoms with Crippen molar-refractivity contribution in [1.82, 2.24) is 15.2 Å². The molecule has 1 N–H and O–H groups in total. The summed E-state index contributed by atoms with van der Waals surface area (Å²) in [7, 11) is 3.60. The van der Waals surface area contributed by atoms with Gasteiger partial charge in [-0.2, -0.15) is 0 Å². The van der Waals surface area contributed by atoms with E-state index in [9.17, 15) is 4.79 Å². The van der Waals surface area contributed by atoms with Gasteiger partial charge in [0, 0.05) is 50.9 Å². The Morgan fingerprint density at radius 3 is 2.68 bits per heavy atom. The predicted molar refractivity (Wildman–Crippen MR) is 107 cm³/mol. The number of nitrogens with zero attached hydrogens (tertiary/aromatic N) is 3. The van der Waals surface area contributed by atoms with E-state index in [0.29, 0.717) is 17.9 Å². The van der Waals surface area contributed by atoms with E-state index in [1.165, 1.54) is 0 Å². The Labute approximate surface area is 212 Å². The summed E-state index contributed by atoms with van der Waals surface area (Å²) >= 11 is 0. The Morgan fingerprint density at radius 1 is 1.36 bits per heavy atom. The van der Waals surface area contributed by atoms with Crippen molar-refractivity contribution in [2.24, 2.45) is 5.41 Å². The third kappa shape index (κ3) is 5.36. The van der Waals surface area contributed by atoms with Crippen molar-refractivity contribution in [2.75, 3.05) is 33.7 Å². The normalized spacial score (nSPS) is 21.8. The van der Waals surface area contributed by atoms with Crippen molar-refractivity contribution in [3.63, 3.8) is 0 Å². The molecule has 7 heteroatoms. The van der Waals surface area contributed by atoms with Crippen LogP contribution in [0.15, 0.2) is 12.3 Å². The zero-order chi connectivity index (χ0) is 19.4. The van der Waals surface area contributed by atoms with E-state index in [2.05, 4.69) is 10.3 Å². The van der Waals surface area contributed by atoms with Crippen LogP contribution in [0.3, 0.4) is 0 Å². The van der Waals surface area contributed by atoms with E-state index in [1.54, 1.807) is 19.0 Å². The molecule has 1 amide bonds. The van der Waals surface area contributed by atoms with Crippen LogP contribution >= 0.6 is 0 Å². The van der Waals surface area contributed by atoms with Crippen LogP contribution < -0.4 is 61.4 Å². The van der Waals surface area contributed by atoms with Gasteiger partial charge in [-0.1, -0.05) is 20.3 Å². The van der Waals surface area contributed by atoms with E-state index in [4.69, 9.17) is 10.1 Å². The molecule has 6 nitrogen and oxygen atoms in total. The molecule has 1 spiro atoms. The van der Waals surface area contributed by atoms with Crippen molar-refractivity contribution in [3.05, 3.63) is 28.8 Å². The van der Waals surface area contributed by atoms with Gasteiger partial charge in [0.1, 0.15) is 5.75 Å². The van der Waals surface area contributed by atoms with Crippen LogP contribution in [0.2, 0.25) is 0 Å². The molecule has 1 aromatic heterocycles. The standard InChI is InChI=1S/C19H27N4O2.C2H6.K/c1-23(2)17(24)4-3-14-18-15(5-7-21-14)22-8-6-16(18)25-13-9-19(10-13)11-20-12-19;1-2;/h6,8,13-14,20H,3-5,7,9-12H2,1-2H3;1-2H3;/q-1;;+1. The Kier molecular flexibility index (Phi) is 9.39. The van der Waals surface area contributed by atoms with Crippen LogP contribution in [-0.2, 0) is 11.2 Å². The van der Waals surface area contributed by atoms with E-state index in [-0.39, 0.29) is 63.3 Å². The number of carbonyl (C=O) groups is 1. The van der Waals surface area contributed by atoms with Crippen molar-refractivity contribution in [3.8, 4) is 5.75 Å². The number of rotatable bonds is 5. The molecular weight excluding hydrogens is 379 g/mol. The summed E-state index contributed by atoms with van der Waals surface area (Å²) in [6, 6.07) is 2.00. The largest absolute Gasteiger partial charge is 1.00 e. The maximum absolute atomic E-state index is 12.0. The van der Waals surface area contributed by atoms with E-state index < -0.39 is 0 Å². The number of nitrogens with one attached hydrogen (secondary N) is 1. The molecule has 2 fully saturated rings. The average molecular weight is 413 g/mol. The summed E-state index contributed by atoms with van der Waals surface area (Å²) in [5, 5.41) is 8.13. The van der Waals surface area contributed by atoms with Gasteiger partial charge in [0.2, 0.25) is 5.91 Å². The first-order valence-corrected chi connectivity index (χ1v) is 10.3. The average Bonchev–Trinajstić information content (AvgIpc) is 2.62. The van der Waals surface area contributed by atoms with Crippen LogP contribution in [0.4, 0.5) is 0 Å². The smallest absolute Gasteiger partial charge is 0.655 e. The number of carbonyl (C=O) groups excluding carboxylic acids is 1. The van der Waals surface area contributed by atoms with Gasteiger partial charge in [-0.3, -0.25) is 9.78 Å². The summed E-state index contributed by atoms with van der Waals surface area (Å²) in [4.78, 5) is 18.2. The number of amides is 1. The first-order chi connectivity index (χ1) is 13.1. The van der Waals surface area contributed by atoms with Gasteiger partial charge in [-0.05, 0) is 30.9 Å². The molecule has 1 saturated heterocycles. The second-order valence-corrected chi connectivity index (χ2v) is 7.92. The maximum atomic E-state index is 12.0.